The van der Waals surface area contributed by atoms with Gasteiger partial charge in [0.05, 0.1) is 0 Å². The summed E-state index contributed by atoms with van der Waals surface area (Å²) in [5, 5.41) is 3.35. The van der Waals surface area contributed by atoms with Gasteiger partial charge in [0, 0.05) is 32.2 Å². The summed E-state index contributed by atoms with van der Waals surface area (Å²) in [6.45, 7) is 12.4. The highest BCUT2D eigenvalue weighted by atomic mass is 15.3. The third-order valence-corrected chi connectivity index (χ3v) is 4.57. The average Bonchev–Trinajstić information content (AvgIpc) is 2.75. The Bertz CT molecular complexity index is 230. The van der Waals surface area contributed by atoms with Gasteiger partial charge in [-0.25, -0.2) is 0 Å². The van der Waals surface area contributed by atoms with Crippen molar-refractivity contribution in [1.29, 1.82) is 0 Å². The highest BCUT2D eigenvalue weighted by Gasteiger charge is 2.31. The number of hydrogen-bond acceptors (Lipinski definition) is 3. The summed E-state index contributed by atoms with van der Waals surface area (Å²) in [6, 6.07) is 0.867. The summed E-state index contributed by atoms with van der Waals surface area (Å²) in [5.41, 5.74) is 0. The number of nitrogens with zero attached hydrogens (tertiary/aromatic N) is 2. The highest BCUT2D eigenvalue weighted by molar-refractivity contribution is 4.87. The first-order chi connectivity index (χ1) is 8.20. The van der Waals surface area contributed by atoms with Crippen LogP contribution in [0, 0.1) is 11.8 Å². The molecule has 0 aliphatic carbocycles. The Labute approximate surface area is 107 Å². The molecule has 2 unspecified atom stereocenters. The van der Waals surface area contributed by atoms with Crippen LogP contribution in [0.2, 0.25) is 0 Å². The number of piperazine rings is 1. The van der Waals surface area contributed by atoms with Crippen LogP contribution in [-0.4, -0.2) is 62.2 Å². The van der Waals surface area contributed by atoms with E-state index in [1.54, 1.807) is 0 Å². The molecule has 17 heavy (non-hydrogen) atoms. The molecule has 3 heteroatoms. The predicted molar refractivity (Wildman–Crippen MR) is 73.3 cm³/mol. The molecule has 2 fully saturated rings. The van der Waals surface area contributed by atoms with Crippen LogP contribution in [-0.2, 0) is 0 Å². The van der Waals surface area contributed by atoms with Crippen molar-refractivity contribution in [3.8, 4) is 0 Å². The van der Waals surface area contributed by atoms with Crippen LogP contribution in [0.4, 0.5) is 0 Å². The maximum atomic E-state index is 3.35. The van der Waals surface area contributed by atoms with Gasteiger partial charge in [0.15, 0.2) is 0 Å². The first-order valence-electron chi connectivity index (χ1n) is 7.31. The lowest BCUT2D eigenvalue weighted by Gasteiger charge is -2.39. The van der Waals surface area contributed by atoms with E-state index in [-0.39, 0.29) is 0 Å². The topological polar surface area (TPSA) is 18.5 Å². The lowest BCUT2D eigenvalue weighted by molar-refractivity contribution is 0.0846. The normalized spacial score (nSPS) is 28.6. The molecule has 3 nitrogen and oxygen atoms in total. The van der Waals surface area contributed by atoms with Gasteiger partial charge in [-0.15, -0.1) is 0 Å². The molecule has 0 aromatic rings. The fourth-order valence-electron chi connectivity index (χ4n) is 3.33. The minimum absolute atomic E-state index is 0.782. The van der Waals surface area contributed by atoms with E-state index in [2.05, 4.69) is 36.0 Å². The van der Waals surface area contributed by atoms with Gasteiger partial charge in [-0.1, -0.05) is 13.8 Å². The summed E-state index contributed by atoms with van der Waals surface area (Å²) >= 11 is 0. The summed E-state index contributed by atoms with van der Waals surface area (Å²) < 4.78 is 0. The third-order valence-electron chi connectivity index (χ3n) is 4.57. The Morgan fingerprint density at radius 1 is 1.24 bits per heavy atom. The van der Waals surface area contributed by atoms with E-state index in [4.69, 9.17) is 0 Å². The molecule has 2 atom stereocenters. The number of rotatable bonds is 5. The van der Waals surface area contributed by atoms with Crippen LogP contribution in [0.15, 0.2) is 0 Å². The third kappa shape index (κ3) is 3.43. The Hall–Kier alpha value is -0.120. The van der Waals surface area contributed by atoms with Crippen molar-refractivity contribution < 1.29 is 0 Å². The van der Waals surface area contributed by atoms with Crippen LogP contribution in [0.5, 0.6) is 0 Å². The van der Waals surface area contributed by atoms with Gasteiger partial charge in [0.25, 0.3) is 0 Å². The first-order valence-corrected chi connectivity index (χ1v) is 7.31. The van der Waals surface area contributed by atoms with Crippen LogP contribution in [0.25, 0.3) is 0 Å². The van der Waals surface area contributed by atoms with Crippen LogP contribution in [0.1, 0.15) is 26.7 Å². The molecular weight excluding hydrogens is 210 g/mol. The van der Waals surface area contributed by atoms with E-state index >= 15 is 0 Å². The highest BCUT2D eigenvalue weighted by Crippen LogP contribution is 2.22. The van der Waals surface area contributed by atoms with Crippen molar-refractivity contribution in [3.63, 3.8) is 0 Å². The molecule has 0 spiro atoms. The molecule has 2 saturated heterocycles. The molecular formula is C14H29N3. The lowest BCUT2D eigenvalue weighted by Crippen LogP contribution is -2.52. The van der Waals surface area contributed by atoms with Crippen LogP contribution >= 0.6 is 0 Å². The van der Waals surface area contributed by atoms with E-state index in [0.717, 1.165) is 24.4 Å². The zero-order valence-electron chi connectivity index (χ0n) is 11.8. The van der Waals surface area contributed by atoms with E-state index in [1.807, 2.05) is 0 Å². The van der Waals surface area contributed by atoms with E-state index in [9.17, 15) is 0 Å². The molecule has 2 aliphatic heterocycles. The molecule has 0 aromatic heterocycles. The second-order valence-electron chi connectivity index (χ2n) is 6.15. The smallest absolute Gasteiger partial charge is 0.0224 e. The van der Waals surface area contributed by atoms with Crippen molar-refractivity contribution in [2.24, 2.45) is 11.8 Å². The van der Waals surface area contributed by atoms with Crippen molar-refractivity contribution in [3.05, 3.63) is 0 Å². The van der Waals surface area contributed by atoms with Gasteiger partial charge in [-0.05, 0) is 44.8 Å². The van der Waals surface area contributed by atoms with Gasteiger partial charge in [0.2, 0.25) is 0 Å². The molecule has 2 rings (SSSR count). The summed E-state index contributed by atoms with van der Waals surface area (Å²) in [4.78, 5) is 5.40. The molecule has 2 heterocycles. The zero-order valence-corrected chi connectivity index (χ0v) is 11.8. The minimum atomic E-state index is 0.782. The van der Waals surface area contributed by atoms with Crippen molar-refractivity contribution >= 4 is 0 Å². The van der Waals surface area contributed by atoms with Gasteiger partial charge >= 0.3 is 0 Å². The SMILES string of the molecule is CNCC(CN1CCN2CCCC2C1)C(C)C. The van der Waals surface area contributed by atoms with E-state index < -0.39 is 0 Å². The van der Waals surface area contributed by atoms with E-state index in [1.165, 1.54) is 45.6 Å². The van der Waals surface area contributed by atoms with Crippen molar-refractivity contribution in [2.45, 2.75) is 32.7 Å². The quantitative estimate of drug-likeness (QED) is 0.779. The average molecular weight is 239 g/mol. The van der Waals surface area contributed by atoms with Gasteiger partial charge in [-0.3, -0.25) is 4.90 Å². The molecule has 100 valence electrons. The van der Waals surface area contributed by atoms with Gasteiger partial charge in [0.1, 0.15) is 0 Å². The van der Waals surface area contributed by atoms with Crippen molar-refractivity contribution in [2.75, 3.05) is 46.3 Å². The molecule has 0 bridgehead atoms. The lowest BCUT2D eigenvalue weighted by atomic mass is 9.94. The number of hydrogen-bond donors (Lipinski definition) is 1. The zero-order chi connectivity index (χ0) is 12.3. The van der Waals surface area contributed by atoms with Crippen LogP contribution in [0.3, 0.4) is 0 Å². The first kappa shape index (κ1) is 13.3. The fraction of sp³-hybridized carbons (Fsp3) is 1.00. The maximum absolute atomic E-state index is 3.35. The monoisotopic (exact) mass is 239 g/mol. The standard InChI is InChI=1S/C14H29N3/c1-12(2)13(9-15-3)10-16-7-8-17-6-4-5-14(17)11-16/h12-15H,4-11H2,1-3H3. The number of nitrogens with one attached hydrogen (secondary N) is 1. The van der Waals surface area contributed by atoms with Crippen LogP contribution < -0.4 is 5.32 Å². The summed E-state index contributed by atoms with van der Waals surface area (Å²) in [6.07, 6.45) is 2.84. The Balaban J connectivity index is 1.81. The Morgan fingerprint density at radius 2 is 2.06 bits per heavy atom. The van der Waals surface area contributed by atoms with Gasteiger partial charge in [-0.2, -0.15) is 0 Å². The predicted octanol–water partition coefficient (Wildman–Crippen LogP) is 1.26. The fourth-order valence-corrected chi connectivity index (χ4v) is 3.33. The molecule has 2 aliphatic rings. The minimum Gasteiger partial charge on any atom is -0.319 e. The molecule has 0 radical (unpaired) electrons. The van der Waals surface area contributed by atoms with Crippen molar-refractivity contribution in [1.82, 2.24) is 15.1 Å². The number of fused-ring (bicyclic) bond motifs is 1. The summed E-state index contributed by atoms with van der Waals surface area (Å²) in [5.74, 6) is 1.58. The summed E-state index contributed by atoms with van der Waals surface area (Å²) in [7, 11) is 2.07. The maximum Gasteiger partial charge on any atom is 0.0224 e. The second kappa shape index (κ2) is 6.17. The Kier molecular flexibility index (Phi) is 4.83. The molecule has 0 aromatic carbocycles. The van der Waals surface area contributed by atoms with Gasteiger partial charge < -0.3 is 10.2 Å². The van der Waals surface area contributed by atoms with E-state index in [0.29, 0.717) is 0 Å². The second-order valence-corrected chi connectivity index (χ2v) is 6.15. The molecule has 0 saturated carbocycles. The molecule has 1 N–H and O–H groups in total. The Morgan fingerprint density at radius 3 is 2.76 bits per heavy atom. The largest absolute Gasteiger partial charge is 0.319 e. The molecule has 0 amide bonds.